The van der Waals surface area contributed by atoms with Gasteiger partial charge in [0.15, 0.2) is 0 Å². The summed E-state index contributed by atoms with van der Waals surface area (Å²) in [4.78, 5) is 13.9. The third kappa shape index (κ3) is 4.10. The standard InChI is InChI=1S/C16H23N3O3S/c20-16-10-15(11-17-23(21,22)19-8-4-5-9-19)13-18(16)12-14-6-2-1-3-7-14/h1-3,6-7,15,17H,4-5,8-13H2. The average Bonchev–Trinajstić information content (AvgIpc) is 3.18. The molecule has 1 amide bonds. The van der Waals surface area contributed by atoms with E-state index in [2.05, 4.69) is 4.72 Å². The van der Waals surface area contributed by atoms with Gasteiger partial charge in [0.05, 0.1) is 0 Å². The zero-order valence-electron chi connectivity index (χ0n) is 13.1. The van der Waals surface area contributed by atoms with Gasteiger partial charge in [-0.3, -0.25) is 4.79 Å². The lowest BCUT2D eigenvalue weighted by Crippen LogP contribution is -2.41. The van der Waals surface area contributed by atoms with Crippen LogP contribution < -0.4 is 4.72 Å². The lowest BCUT2D eigenvalue weighted by atomic mass is 10.1. The van der Waals surface area contributed by atoms with Gasteiger partial charge in [-0.1, -0.05) is 30.3 Å². The van der Waals surface area contributed by atoms with Crippen LogP contribution in [-0.2, 0) is 21.5 Å². The molecular formula is C16H23N3O3S. The summed E-state index contributed by atoms with van der Waals surface area (Å²) in [5.74, 6) is 0.141. The highest BCUT2D eigenvalue weighted by molar-refractivity contribution is 7.87. The zero-order chi connectivity index (χ0) is 16.3. The van der Waals surface area contributed by atoms with Crippen molar-refractivity contribution < 1.29 is 13.2 Å². The number of likely N-dealkylation sites (tertiary alicyclic amines) is 1. The van der Waals surface area contributed by atoms with E-state index in [0.29, 0.717) is 39.1 Å². The molecule has 1 unspecified atom stereocenters. The summed E-state index contributed by atoms with van der Waals surface area (Å²) < 4.78 is 28.5. The molecule has 126 valence electrons. The van der Waals surface area contributed by atoms with Crippen molar-refractivity contribution in [2.45, 2.75) is 25.8 Å². The third-order valence-electron chi connectivity index (χ3n) is 4.47. The molecular weight excluding hydrogens is 314 g/mol. The minimum absolute atomic E-state index is 0.0450. The van der Waals surface area contributed by atoms with E-state index < -0.39 is 10.2 Å². The van der Waals surface area contributed by atoms with Crippen LogP contribution in [0.3, 0.4) is 0 Å². The number of rotatable bonds is 6. The summed E-state index contributed by atoms with van der Waals surface area (Å²) in [6, 6.07) is 9.85. The molecule has 0 aromatic heterocycles. The van der Waals surface area contributed by atoms with Gasteiger partial charge in [-0.05, 0) is 24.3 Å². The molecule has 6 nitrogen and oxygen atoms in total. The van der Waals surface area contributed by atoms with Crippen LogP contribution in [0.1, 0.15) is 24.8 Å². The van der Waals surface area contributed by atoms with Crippen molar-refractivity contribution in [3.63, 3.8) is 0 Å². The normalized spacial score (nSPS) is 22.9. The first-order chi connectivity index (χ1) is 11.0. The Morgan fingerprint density at radius 2 is 1.83 bits per heavy atom. The molecule has 0 aliphatic carbocycles. The second-order valence-electron chi connectivity index (χ2n) is 6.29. The molecule has 0 radical (unpaired) electrons. The number of nitrogens with one attached hydrogen (secondary N) is 1. The van der Waals surface area contributed by atoms with E-state index in [4.69, 9.17) is 0 Å². The van der Waals surface area contributed by atoms with E-state index in [1.165, 1.54) is 4.31 Å². The minimum Gasteiger partial charge on any atom is -0.338 e. The third-order valence-corrected chi connectivity index (χ3v) is 6.05. The second-order valence-corrected chi connectivity index (χ2v) is 8.04. The molecule has 1 atom stereocenters. The molecule has 23 heavy (non-hydrogen) atoms. The monoisotopic (exact) mass is 337 g/mol. The van der Waals surface area contributed by atoms with Crippen molar-refractivity contribution in [1.82, 2.24) is 13.9 Å². The SMILES string of the molecule is O=C1CC(CNS(=O)(=O)N2CCCC2)CN1Cc1ccccc1. The Balaban J connectivity index is 1.51. The van der Waals surface area contributed by atoms with E-state index in [-0.39, 0.29) is 11.8 Å². The molecule has 2 saturated heterocycles. The Morgan fingerprint density at radius 1 is 1.13 bits per heavy atom. The maximum Gasteiger partial charge on any atom is 0.279 e. The lowest BCUT2D eigenvalue weighted by molar-refractivity contribution is -0.128. The Kier molecular flexibility index (Phi) is 4.99. The van der Waals surface area contributed by atoms with Gasteiger partial charge in [0.2, 0.25) is 5.91 Å². The summed E-state index contributed by atoms with van der Waals surface area (Å²) in [6.45, 7) is 2.72. The first-order valence-electron chi connectivity index (χ1n) is 8.11. The van der Waals surface area contributed by atoms with Crippen LogP contribution in [0.4, 0.5) is 0 Å². The fourth-order valence-electron chi connectivity index (χ4n) is 3.19. The lowest BCUT2D eigenvalue weighted by Gasteiger charge is -2.19. The molecule has 0 spiro atoms. The van der Waals surface area contributed by atoms with Crippen LogP contribution >= 0.6 is 0 Å². The number of benzene rings is 1. The van der Waals surface area contributed by atoms with Crippen molar-refractivity contribution in [3.8, 4) is 0 Å². The minimum atomic E-state index is -3.39. The molecule has 7 heteroatoms. The zero-order valence-corrected chi connectivity index (χ0v) is 14.0. The van der Waals surface area contributed by atoms with Gasteiger partial charge in [-0.2, -0.15) is 12.7 Å². The second kappa shape index (κ2) is 6.98. The number of hydrogen-bond donors (Lipinski definition) is 1. The van der Waals surface area contributed by atoms with Crippen LogP contribution in [0.25, 0.3) is 0 Å². The molecule has 0 saturated carbocycles. The number of amides is 1. The highest BCUT2D eigenvalue weighted by Crippen LogP contribution is 2.20. The predicted octanol–water partition coefficient (Wildman–Crippen LogP) is 0.965. The van der Waals surface area contributed by atoms with Crippen molar-refractivity contribution in [1.29, 1.82) is 0 Å². The van der Waals surface area contributed by atoms with Crippen molar-refractivity contribution in [2.75, 3.05) is 26.2 Å². The van der Waals surface area contributed by atoms with Gasteiger partial charge in [0.25, 0.3) is 10.2 Å². The van der Waals surface area contributed by atoms with E-state index in [0.717, 1.165) is 18.4 Å². The molecule has 1 aromatic carbocycles. The number of nitrogens with zero attached hydrogens (tertiary/aromatic N) is 2. The maximum absolute atomic E-state index is 12.2. The molecule has 3 rings (SSSR count). The Hall–Kier alpha value is -1.44. The van der Waals surface area contributed by atoms with Gasteiger partial charge in [-0.15, -0.1) is 0 Å². The largest absolute Gasteiger partial charge is 0.338 e. The van der Waals surface area contributed by atoms with E-state index >= 15 is 0 Å². The number of carbonyl (C=O) groups is 1. The van der Waals surface area contributed by atoms with Crippen LogP contribution in [-0.4, -0.2) is 49.7 Å². The quantitative estimate of drug-likeness (QED) is 0.841. The molecule has 2 heterocycles. The molecule has 1 aromatic rings. The van der Waals surface area contributed by atoms with Crippen molar-refractivity contribution in [2.24, 2.45) is 5.92 Å². The van der Waals surface area contributed by atoms with Gasteiger partial charge < -0.3 is 4.90 Å². The Bertz CT molecular complexity index is 642. The maximum atomic E-state index is 12.2. The van der Waals surface area contributed by atoms with Crippen molar-refractivity contribution >= 4 is 16.1 Å². The van der Waals surface area contributed by atoms with Gasteiger partial charge in [0.1, 0.15) is 0 Å². The van der Waals surface area contributed by atoms with E-state index in [1.807, 2.05) is 35.2 Å². The van der Waals surface area contributed by atoms with Crippen LogP contribution in [0.2, 0.25) is 0 Å². The highest BCUT2D eigenvalue weighted by atomic mass is 32.2. The summed E-state index contributed by atoms with van der Waals surface area (Å²) >= 11 is 0. The van der Waals surface area contributed by atoms with Crippen LogP contribution in [0.15, 0.2) is 30.3 Å². The fourth-order valence-corrected chi connectivity index (χ4v) is 4.56. The van der Waals surface area contributed by atoms with E-state index in [1.54, 1.807) is 0 Å². The predicted molar refractivity (Wildman–Crippen MR) is 87.7 cm³/mol. The molecule has 2 aliphatic heterocycles. The van der Waals surface area contributed by atoms with Gasteiger partial charge in [0, 0.05) is 39.1 Å². The first kappa shape index (κ1) is 16.4. The Morgan fingerprint density at radius 3 is 2.52 bits per heavy atom. The molecule has 0 bridgehead atoms. The van der Waals surface area contributed by atoms with Gasteiger partial charge >= 0.3 is 0 Å². The van der Waals surface area contributed by atoms with Gasteiger partial charge in [-0.25, -0.2) is 4.72 Å². The fraction of sp³-hybridized carbons (Fsp3) is 0.562. The molecule has 2 aliphatic rings. The average molecular weight is 337 g/mol. The van der Waals surface area contributed by atoms with Crippen LogP contribution in [0, 0.1) is 5.92 Å². The molecule has 1 N–H and O–H groups in total. The topological polar surface area (TPSA) is 69.7 Å². The number of carbonyl (C=O) groups excluding carboxylic acids is 1. The summed E-state index contributed by atoms with van der Waals surface area (Å²) in [6.07, 6.45) is 2.26. The molecule has 2 fully saturated rings. The van der Waals surface area contributed by atoms with Crippen LogP contribution in [0.5, 0.6) is 0 Å². The Labute approximate surface area is 137 Å². The summed E-state index contributed by atoms with van der Waals surface area (Å²) in [7, 11) is -3.39. The van der Waals surface area contributed by atoms with Crippen molar-refractivity contribution in [3.05, 3.63) is 35.9 Å². The summed E-state index contributed by atoms with van der Waals surface area (Å²) in [5, 5.41) is 0. The smallest absolute Gasteiger partial charge is 0.279 e. The summed E-state index contributed by atoms with van der Waals surface area (Å²) in [5.41, 5.74) is 1.10. The highest BCUT2D eigenvalue weighted by Gasteiger charge is 2.32. The first-order valence-corrected chi connectivity index (χ1v) is 9.55. The van der Waals surface area contributed by atoms with E-state index in [9.17, 15) is 13.2 Å². The number of hydrogen-bond acceptors (Lipinski definition) is 3.